The first-order valence-corrected chi connectivity index (χ1v) is 17.4. The predicted molar refractivity (Wildman–Crippen MR) is 170 cm³/mol. The average Bonchev–Trinajstić information content (AvgIpc) is 3.50. The van der Waals surface area contributed by atoms with Gasteiger partial charge in [-0.1, -0.05) is 50.6 Å². The van der Waals surface area contributed by atoms with Gasteiger partial charge in [-0.25, -0.2) is 4.79 Å². The zero-order chi connectivity index (χ0) is 30.7. The molecule has 4 aromatic rings. The molecule has 0 saturated carbocycles. The van der Waals surface area contributed by atoms with Crippen LogP contribution in [0.1, 0.15) is 54.4 Å². The fourth-order valence-electron chi connectivity index (χ4n) is 4.77. The number of nitrogens with one attached hydrogen (secondary N) is 1. The largest absolute Gasteiger partial charge is 0.497 e. The van der Waals surface area contributed by atoms with Gasteiger partial charge in [-0.3, -0.25) is 4.68 Å². The number of ether oxygens (including phenoxy) is 3. The van der Waals surface area contributed by atoms with Crippen molar-refractivity contribution in [2.45, 2.75) is 65.0 Å². The number of halogens is 1. The summed E-state index contributed by atoms with van der Waals surface area (Å²) in [5.41, 5.74) is 5.62. The molecule has 42 heavy (non-hydrogen) atoms. The summed E-state index contributed by atoms with van der Waals surface area (Å²) in [6.07, 6.45) is 3.22. The topological polar surface area (TPSA) is 87.6 Å². The SMILES string of the molecule is COC(=O)c1[nH]c2c(-c3c(COCc4ccc(OC)cc4)cnn3C)c(Cl)ccc2c1CCCO[Si](C)(C)C(C)(C)C. The second-order valence-electron chi connectivity index (χ2n) is 12.0. The molecule has 0 radical (unpaired) electrons. The summed E-state index contributed by atoms with van der Waals surface area (Å²) in [4.78, 5) is 16.3. The molecule has 0 aliphatic heterocycles. The lowest BCUT2D eigenvalue weighted by Crippen LogP contribution is -2.41. The maximum absolute atomic E-state index is 12.9. The van der Waals surface area contributed by atoms with E-state index < -0.39 is 14.3 Å². The highest BCUT2D eigenvalue weighted by Crippen LogP contribution is 2.40. The van der Waals surface area contributed by atoms with Gasteiger partial charge in [0.1, 0.15) is 11.4 Å². The van der Waals surface area contributed by atoms with Crippen molar-refractivity contribution in [1.82, 2.24) is 14.8 Å². The van der Waals surface area contributed by atoms with Crippen molar-refractivity contribution >= 4 is 36.8 Å². The first-order chi connectivity index (χ1) is 19.9. The Morgan fingerprint density at radius 2 is 1.79 bits per heavy atom. The van der Waals surface area contributed by atoms with Gasteiger partial charge in [0.15, 0.2) is 8.32 Å². The molecule has 0 amide bonds. The zero-order valence-corrected chi connectivity index (χ0v) is 27.6. The van der Waals surface area contributed by atoms with Crippen molar-refractivity contribution in [1.29, 1.82) is 0 Å². The maximum Gasteiger partial charge on any atom is 0.354 e. The number of aromatic amines is 1. The standard InChI is InChI=1S/C32H42ClN3O5Si/c1-32(2,3)42(7,8)41-17-9-10-24-25-15-16-26(33)27(28(25)35-29(24)31(37)39-6)30-22(18-34-36(30)4)20-40-19-21-11-13-23(38-5)14-12-21/h11-16,18,35H,9-10,17,19-20H2,1-8H3. The van der Waals surface area contributed by atoms with Crippen LogP contribution in [-0.2, 0) is 40.6 Å². The highest BCUT2D eigenvalue weighted by atomic mass is 35.5. The van der Waals surface area contributed by atoms with E-state index in [9.17, 15) is 4.79 Å². The van der Waals surface area contributed by atoms with Crippen molar-refractivity contribution in [3.05, 3.63) is 70.0 Å². The third-order valence-corrected chi connectivity index (χ3v) is 13.1. The minimum Gasteiger partial charge on any atom is -0.497 e. The van der Waals surface area contributed by atoms with Crippen LogP contribution in [0.25, 0.3) is 22.2 Å². The number of fused-ring (bicyclic) bond motifs is 1. The summed E-state index contributed by atoms with van der Waals surface area (Å²) in [6, 6.07) is 11.6. The first kappa shape index (κ1) is 31.8. The number of aryl methyl sites for hydroxylation is 2. The van der Waals surface area contributed by atoms with Crippen LogP contribution in [0.4, 0.5) is 0 Å². The monoisotopic (exact) mass is 611 g/mol. The van der Waals surface area contributed by atoms with Gasteiger partial charge in [-0.2, -0.15) is 5.10 Å². The average molecular weight is 612 g/mol. The van der Waals surface area contributed by atoms with Crippen LogP contribution in [0, 0.1) is 0 Å². The number of benzene rings is 2. The van der Waals surface area contributed by atoms with E-state index in [2.05, 4.69) is 43.9 Å². The second kappa shape index (κ2) is 13.0. The van der Waals surface area contributed by atoms with Gasteiger partial charge in [0, 0.05) is 30.2 Å². The van der Waals surface area contributed by atoms with Gasteiger partial charge in [0.25, 0.3) is 0 Å². The minimum atomic E-state index is -1.87. The molecule has 4 rings (SSSR count). The Bertz CT molecular complexity index is 1540. The molecule has 0 bridgehead atoms. The molecule has 226 valence electrons. The Kier molecular flexibility index (Phi) is 9.87. The van der Waals surface area contributed by atoms with E-state index in [1.54, 1.807) is 18.0 Å². The van der Waals surface area contributed by atoms with Crippen LogP contribution in [-0.4, -0.2) is 49.9 Å². The van der Waals surface area contributed by atoms with Crippen LogP contribution >= 0.6 is 11.6 Å². The predicted octanol–water partition coefficient (Wildman–Crippen LogP) is 7.69. The summed E-state index contributed by atoms with van der Waals surface area (Å²) >= 11 is 6.85. The second-order valence-corrected chi connectivity index (χ2v) is 17.2. The van der Waals surface area contributed by atoms with Gasteiger partial charge in [0.2, 0.25) is 0 Å². The van der Waals surface area contributed by atoms with Gasteiger partial charge < -0.3 is 23.6 Å². The molecule has 0 aliphatic rings. The van der Waals surface area contributed by atoms with Crippen LogP contribution in [0.5, 0.6) is 5.75 Å². The summed E-state index contributed by atoms with van der Waals surface area (Å²) in [5.74, 6) is 0.387. The molecular weight excluding hydrogens is 570 g/mol. The van der Waals surface area contributed by atoms with Crippen LogP contribution in [0.2, 0.25) is 23.2 Å². The molecule has 1 N–H and O–H groups in total. The number of H-pyrrole nitrogens is 1. The lowest BCUT2D eigenvalue weighted by molar-refractivity contribution is 0.0593. The van der Waals surface area contributed by atoms with Gasteiger partial charge in [-0.05, 0) is 60.3 Å². The highest BCUT2D eigenvalue weighted by Gasteiger charge is 2.37. The summed E-state index contributed by atoms with van der Waals surface area (Å²) in [5, 5.41) is 6.12. The van der Waals surface area contributed by atoms with E-state index in [0.29, 0.717) is 37.0 Å². The van der Waals surface area contributed by atoms with E-state index >= 15 is 0 Å². The number of hydrogen-bond acceptors (Lipinski definition) is 6. The zero-order valence-electron chi connectivity index (χ0n) is 25.9. The number of esters is 1. The molecule has 0 saturated heterocycles. The molecule has 0 unspecified atom stereocenters. The molecule has 8 nitrogen and oxygen atoms in total. The van der Waals surface area contributed by atoms with Crippen molar-refractivity contribution < 1.29 is 23.4 Å². The maximum atomic E-state index is 12.9. The minimum absolute atomic E-state index is 0.135. The lowest BCUT2D eigenvalue weighted by Gasteiger charge is -2.36. The molecular formula is C32H42ClN3O5Si. The number of nitrogens with zero attached hydrogens (tertiary/aromatic N) is 2. The Labute approximate surface area is 254 Å². The van der Waals surface area contributed by atoms with E-state index in [1.165, 1.54) is 7.11 Å². The van der Waals surface area contributed by atoms with Crippen molar-refractivity contribution in [2.24, 2.45) is 7.05 Å². The molecule has 0 spiro atoms. The molecule has 0 aliphatic carbocycles. The van der Waals surface area contributed by atoms with Crippen LogP contribution in [0.3, 0.4) is 0 Å². The Balaban J connectivity index is 1.63. The van der Waals surface area contributed by atoms with E-state index in [1.807, 2.05) is 43.4 Å². The highest BCUT2D eigenvalue weighted by molar-refractivity contribution is 6.74. The van der Waals surface area contributed by atoms with E-state index in [4.69, 9.17) is 30.2 Å². The van der Waals surface area contributed by atoms with Gasteiger partial charge in [0.05, 0.1) is 49.9 Å². The fourth-order valence-corrected chi connectivity index (χ4v) is 6.10. The molecule has 2 aromatic heterocycles. The third kappa shape index (κ3) is 6.75. The number of carbonyl (C=O) groups is 1. The number of methoxy groups -OCH3 is 2. The number of aromatic nitrogens is 3. The Hall–Kier alpha value is -3.11. The van der Waals surface area contributed by atoms with Crippen molar-refractivity contribution in [2.75, 3.05) is 20.8 Å². The van der Waals surface area contributed by atoms with Crippen molar-refractivity contribution in [3.8, 4) is 17.0 Å². The fraction of sp³-hybridized carbons (Fsp3) is 0.438. The quantitative estimate of drug-likeness (QED) is 0.100. The Morgan fingerprint density at radius 3 is 2.43 bits per heavy atom. The number of carbonyl (C=O) groups excluding carboxylic acids is 1. The van der Waals surface area contributed by atoms with Crippen molar-refractivity contribution in [3.63, 3.8) is 0 Å². The first-order valence-electron chi connectivity index (χ1n) is 14.1. The van der Waals surface area contributed by atoms with Gasteiger partial charge in [-0.15, -0.1) is 0 Å². The third-order valence-electron chi connectivity index (χ3n) is 8.20. The van der Waals surface area contributed by atoms with Gasteiger partial charge >= 0.3 is 5.97 Å². The molecule has 2 heterocycles. The van der Waals surface area contributed by atoms with Crippen LogP contribution < -0.4 is 4.74 Å². The number of rotatable bonds is 12. The summed E-state index contributed by atoms with van der Waals surface area (Å²) in [6.45, 7) is 12.6. The molecule has 0 atom stereocenters. The number of hydrogen-bond donors (Lipinski definition) is 1. The van der Waals surface area contributed by atoms with Crippen LogP contribution in [0.15, 0.2) is 42.6 Å². The summed E-state index contributed by atoms with van der Waals surface area (Å²) < 4.78 is 24.7. The smallest absolute Gasteiger partial charge is 0.354 e. The summed E-state index contributed by atoms with van der Waals surface area (Å²) in [7, 11) is 3.05. The Morgan fingerprint density at radius 1 is 1.07 bits per heavy atom. The normalized spacial score (nSPS) is 12.2. The molecule has 2 aromatic carbocycles. The molecule has 10 heteroatoms. The molecule has 0 fully saturated rings. The lowest BCUT2D eigenvalue weighted by atomic mass is 10.0. The van der Waals surface area contributed by atoms with E-state index in [0.717, 1.165) is 51.0 Å². The van der Waals surface area contributed by atoms with E-state index in [-0.39, 0.29) is 5.04 Å².